The quantitative estimate of drug-likeness (QED) is 0.710. The lowest BCUT2D eigenvalue weighted by molar-refractivity contribution is -0.118. The van der Waals surface area contributed by atoms with Gasteiger partial charge in [-0.15, -0.1) is 11.3 Å². The van der Waals surface area contributed by atoms with Gasteiger partial charge in [0.05, 0.1) is 10.9 Å². The molecule has 0 amide bonds. The molecule has 1 rings (SSSR count). The zero-order valence-electron chi connectivity index (χ0n) is 10.8. The number of carbonyl (C=O) groups excluding carboxylic acids is 1. The number of thiophene rings is 1. The van der Waals surface area contributed by atoms with Crippen LogP contribution in [0.1, 0.15) is 39.0 Å². The number of Topliss-reactive ketones (excluding diaryl/α,β-unsaturated/α-hetero) is 1. The van der Waals surface area contributed by atoms with Crippen LogP contribution in [0.3, 0.4) is 0 Å². The zero-order valence-corrected chi connectivity index (χ0v) is 13.2. The van der Waals surface area contributed by atoms with Gasteiger partial charge in [-0.3, -0.25) is 4.79 Å². The summed E-state index contributed by atoms with van der Waals surface area (Å²) >= 11 is 6.66. The summed E-state index contributed by atoms with van der Waals surface area (Å²) in [5, 5.41) is 0. The maximum absolute atomic E-state index is 11.8. The van der Waals surface area contributed by atoms with Gasteiger partial charge < -0.3 is 0 Å². The molecule has 0 saturated carbocycles. The molecule has 1 N–H and O–H groups in total. The number of ketones is 1. The van der Waals surface area contributed by atoms with Gasteiger partial charge in [-0.1, -0.05) is 37.8 Å². The smallest absolute Gasteiger partial charge is 0.250 e. The number of halogens is 1. The molecule has 4 nitrogen and oxygen atoms in total. The first-order valence-electron chi connectivity index (χ1n) is 6.22. The molecular weight excluding hydrogens is 306 g/mol. The fourth-order valence-electron chi connectivity index (χ4n) is 1.53. The summed E-state index contributed by atoms with van der Waals surface area (Å²) in [7, 11) is -3.61. The molecule has 0 unspecified atom stereocenters. The van der Waals surface area contributed by atoms with Crippen LogP contribution in [0.5, 0.6) is 0 Å². The van der Waals surface area contributed by atoms with E-state index in [9.17, 15) is 13.2 Å². The van der Waals surface area contributed by atoms with Gasteiger partial charge in [0, 0.05) is 6.42 Å². The van der Waals surface area contributed by atoms with E-state index in [4.69, 9.17) is 11.6 Å². The van der Waals surface area contributed by atoms with Crippen molar-refractivity contribution >= 4 is 38.7 Å². The van der Waals surface area contributed by atoms with Crippen LogP contribution in [0.15, 0.2) is 16.3 Å². The van der Waals surface area contributed by atoms with Gasteiger partial charge in [0.25, 0.3) is 0 Å². The predicted octanol–water partition coefficient (Wildman–Crippen LogP) is 3.22. The van der Waals surface area contributed by atoms with Crippen LogP contribution in [0.4, 0.5) is 0 Å². The Morgan fingerprint density at radius 3 is 2.63 bits per heavy atom. The van der Waals surface area contributed by atoms with E-state index >= 15 is 0 Å². The Kier molecular flexibility index (Phi) is 6.99. The van der Waals surface area contributed by atoms with E-state index in [0.717, 1.165) is 37.0 Å². The van der Waals surface area contributed by atoms with Gasteiger partial charge in [-0.25, -0.2) is 13.1 Å². The van der Waals surface area contributed by atoms with Crippen molar-refractivity contribution in [2.45, 2.75) is 43.2 Å². The van der Waals surface area contributed by atoms with Gasteiger partial charge >= 0.3 is 0 Å². The molecule has 0 atom stereocenters. The van der Waals surface area contributed by atoms with Gasteiger partial charge in [0.15, 0.2) is 0 Å². The van der Waals surface area contributed by atoms with Gasteiger partial charge in [-0.05, 0) is 18.6 Å². The van der Waals surface area contributed by atoms with Crippen molar-refractivity contribution < 1.29 is 13.2 Å². The van der Waals surface area contributed by atoms with Crippen molar-refractivity contribution in [1.29, 1.82) is 0 Å². The standard InChI is InChI=1S/C12H18ClNO3S2/c1-2-3-4-5-6-10(15)9-14-19(16,17)12-8-7-11(13)18-12/h7-8,14H,2-6,9H2,1H3. The third kappa shape index (κ3) is 6.03. The SMILES string of the molecule is CCCCCCC(=O)CNS(=O)(=O)c1ccc(Cl)s1. The summed E-state index contributed by atoms with van der Waals surface area (Å²) in [4.78, 5) is 11.5. The van der Waals surface area contributed by atoms with Crippen LogP contribution >= 0.6 is 22.9 Å². The minimum Gasteiger partial charge on any atom is -0.298 e. The van der Waals surface area contributed by atoms with E-state index in [-0.39, 0.29) is 16.5 Å². The molecular formula is C12H18ClNO3S2. The number of carbonyl (C=O) groups is 1. The summed E-state index contributed by atoms with van der Waals surface area (Å²) < 4.78 is 26.5. The largest absolute Gasteiger partial charge is 0.298 e. The van der Waals surface area contributed by atoms with E-state index in [1.165, 1.54) is 12.1 Å². The summed E-state index contributed by atoms with van der Waals surface area (Å²) in [6.45, 7) is 1.95. The molecule has 0 saturated heterocycles. The highest BCUT2D eigenvalue weighted by Gasteiger charge is 2.17. The van der Waals surface area contributed by atoms with Crippen LogP contribution < -0.4 is 4.72 Å². The Hall–Kier alpha value is -0.430. The van der Waals surface area contributed by atoms with Gasteiger partial charge in [0.2, 0.25) is 10.0 Å². The highest BCUT2D eigenvalue weighted by Crippen LogP contribution is 2.25. The van der Waals surface area contributed by atoms with E-state index < -0.39 is 10.0 Å². The van der Waals surface area contributed by atoms with Crippen molar-refractivity contribution in [2.24, 2.45) is 0 Å². The number of sulfonamides is 1. The maximum atomic E-state index is 11.8. The van der Waals surface area contributed by atoms with Crippen LogP contribution in [0.2, 0.25) is 4.34 Å². The monoisotopic (exact) mass is 323 g/mol. The molecule has 7 heteroatoms. The van der Waals surface area contributed by atoms with Crippen LogP contribution in [0, 0.1) is 0 Å². The van der Waals surface area contributed by atoms with Crippen molar-refractivity contribution in [1.82, 2.24) is 4.72 Å². The Balaban J connectivity index is 2.37. The highest BCUT2D eigenvalue weighted by atomic mass is 35.5. The molecule has 0 aliphatic rings. The third-order valence-corrected chi connectivity index (χ3v) is 5.71. The zero-order chi connectivity index (χ0) is 14.3. The number of rotatable bonds is 9. The van der Waals surface area contributed by atoms with E-state index in [0.29, 0.717) is 10.8 Å². The summed E-state index contributed by atoms with van der Waals surface area (Å²) in [6.07, 6.45) is 4.47. The predicted molar refractivity (Wildman–Crippen MR) is 78.3 cm³/mol. The van der Waals surface area contributed by atoms with Crippen molar-refractivity contribution in [3.63, 3.8) is 0 Å². The lowest BCUT2D eigenvalue weighted by Gasteiger charge is -2.04. The second-order valence-corrected chi connectivity index (χ2v) is 7.94. The van der Waals surface area contributed by atoms with E-state index in [1.54, 1.807) is 0 Å². The lowest BCUT2D eigenvalue weighted by Crippen LogP contribution is -2.29. The average molecular weight is 324 g/mol. The minimum absolute atomic E-state index is 0.0812. The molecule has 0 radical (unpaired) electrons. The van der Waals surface area contributed by atoms with Gasteiger partial charge in [-0.2, -0.15) is 0 Å². The molecule has 0 spiro atoms. The normalized spacial score (nSPS) is 11.7. The average Bonchev–Trinajstić information content (AvgIpc) is 2.80. The number of hydrogen-bond donors (Lipinski definition) is 1. The Bertz CT molecular complexity index is 511. The maximum Gasteiger partial charge on any atom is 0.250 e. The molecule has 0 fully saturated rings. The molecule has 0 aliphatic heterocycles. The number of unbranched alkanes of at least 4 members (excludes halogenated alkanes) is 3. The minimum atomic E-state index is -3.61. The number of hydrogen-bond acceptors (Lipinski definition) is 4. The molecule has 1 heterocycles. The second kappa shape index (κ2) is 7.99. The van der Waals surface area contributed by atoms with Crippen molar-refractivity contribution in [2.75, 3.05) is 6.54 Å². The first-order chi connectivity index (χ1) is 8.95. The number of nitrogens with one attached hydrogen (secondary N) is 1. The van der Waals surface area contributed by atoms with Crippen LogP contribution in [-0.2, 0) is 14.8 Å². The fraction of sp³-hybridized carbons (Fsp3) is 0.583. The lowest BCUT2D eigenvalue weighted by atomic mass is 10.1. The van der Waals surface area contributed by atoms with Crippen LogP contribution in [-0.4, -0.2) is 20.7 Å². The fourth-order valence-corrected chi connectivity index (χ4v) is 4.07. The molecule has 108 valence electrons. The molecule has 0 bridgehead atoms. The van der Waals surface area contributed by atoms with Gasteiger partial charge in [0.1, 0.15) is 9.99 Å². The Morgan fingerprint density at radius 2 is 2.05 bits per heavy atom. The topological polar surface area (TPSA) is 63.2 Å². The van der Waals surface area contributed by atoms with E-state index in [2.05, 4.69) is 11.6 Å². The first kappa shape index (κ1) is 16.6. The van der Waals surface area contributed by atoms with Crippen molar-refractivity contribution in [3.8, 4) is 0 Å². The molecule has 19 heavy (non-hydrogen) atoms. The summed E-state index contributed by atoms with van der Waals surface area (Å²) in [5.74, 6) is -0.0812. The molecule has 1 aromatic heterocycles. The van der Waals surface area contributed by atoms with E-state index in [1.807, 2.05) is 0 Å². The van der Waals surface area contributed by atoms with Crippen LogP contribution in [0.25, 0.3) is 0 Å². The first-order valence-corrected chi connectivity index (χ1v) is 8.90. The highest BCUT2D eigenvalue weighted by molar-refractivity contribution is 7.91. The molecule has 1 aromatic rings. The molecule has 0 aromatic carbocycles. The third-order valence-electron chi connectivity index (χ3n) is 2.58. The Labute approximate surface area is 123 Å². The molecule has 0 aliphatic carbocycles. The Morgan fingerprint density at radius 1 is 1.32 bits per heavy atom. The summed E-state index contributed by atoms with van der Waals surface area (Å²) in [6, 6.07) is 2.95. The van der Waals surface area contributed by atoms with Crippen molar-refractivity contribution in [3.05, 3.63) is 16.5 Å². The summed E-state index contributed by atoms with van der Waals surface area (Å²) in [5.41, 5.74) is 0. The second-order valence-electron chi connectivity index (χ2n) is 4.23.